The number of thiol groups is 1. The third kappa shape index (κ3) is 5.52. The topological polar surface area (TPSA) is 132 Å². The van der Waals surface area contributed by atoms with E-state index in [1.54, 1.807) is 0 Å². The third-order valence-corrected chi connectivity index (χ3v) is 9.83. The molecule has 6 heterocycles. The molecular formula is C34H34N4O4S2. The van der Waals surface area contributed by atoms with Crippen LogP contribution in [0.1, 0.15) is 78.1 Å². The normalized spacial score (nSPS) is 16.1. The van der Waals surface area contributed by atoms with Crippen molar-refractivity contribution in [1.82, 2.24) is 19.9 Å². The number of carboxylic acids is 2. The van der Waals surface area contributed by atoms with E-state index in [9.17, 15) is 19.8 Å². The Balaban J connectivity index is 1.74. The molecule has 0 radical (unpaired) electrons. The predicted molar refractivity (Wildman–Crippen MR) is 183 cm³/mol. The zero-order valence-corrected chi connectivity index (χ0v) is 26.8. The van der Waals surface area contributed by atoms with Gasteiger partial charge in [-0.2, -0.15) is 11.8 Å². The van der Waals surface area contributed by atoms with E-state index >= 15 is 0 Å². The van der Waals surface area contributed by atoms with Crippen LogP contribution in [0.3, 0.4) is 0 Å². The number of aromatic nitrogens is 4. The zero-order chi connectivity index (χ0) is 31.4. The second-order valence-corrected chi connectivity index (χ2v) is 13.3. The van der Waals surface area contributed by atoms with Gasteiger partial charge in [0.1, 0.15) is 0 Å². The number of allylic oxidation sites excluding steroid dienone is 3. The van der Waals surface area contributed by atoms with Gasteiger partial charge in [0, 0.05) is 56.4 Å². The molecule has 0 spiro atoms. The molecule has 3 aromatic heterocycles. The smallest absolute Gasteiger partial charge is 0.303 e. The first-order valence-corrected chi connectivity index (χ1v) is 16.0. The fraction of sp³-hybridized carbons (Fsp3) is 0.294. The van der Waals surface area contributed by atoms with Crippen molar-refractivity contribution in [3.05, 3.63) is 75.9 Å². The number of carboxylic acid groups (broad SMARTS) is 2. The molecule has 0 aromatic carbocycles. The first-order valence-electron chi connectivity index (χ1n) is 14.5. The van der Waals surface area contributed by atoms with Crippen molar-refractivity contribution in [2.45, 2.75) is 58.6 Å². The van der Waals surface area contributed by atoms with Gasteiger partial charge in [0.15, 0.2) is 0 Å². The number of nitrogens with one attached hydrogen (secondary N) is 2. The van der Waals surface area contributed by atoms with Gasteiger partial charge in [-0.3, -0.25) is 9.59 Å². The van der Waals surface area contributed by atoms with Crippen LogP contribution in [-0.4, -0.2) is 53.1 Å². The lowest BCUT2D eigenvalue weighted by molar-refractivity contribution is -0.137. The van der Waals surface area contributed by atoms with E-state index in [1.807, 2.05) is 43.8 Å². The second kappa shape index (κ2) is 11.5. The highest BCUT2D eigenvalue weighted by Gasteiger charge is 2.33. The highest BCUT2D eigenvalue weighted by Crippen LogP contribution is 2.47. The van der Waals surface area contributed by atoms with Crippen molar-refractivity contribution in [3.63, 3.8) is 0 Å². The van der Waals surface area contributed by atoms with Gasteiger partial charge in [-0.25, -0.2) is 9.97 Å². The van der Waals surface area contributed by atoms with Crippen molar-refractivity contribution in [3.8, 4) is 0 Å². The Morgan fingerprint density at radius 3 is 2.09 bits per heavy atom. The molecule has 8 nitrogen and oxygen atoms in total. The SMILES string of the molecule is C=C(S)c1c(C)c2cc3nc(cc4nc(cc5[nH]c(cc1[nH]2)c(C)c5CCC(=O)O)C(CCC(=O)O)=C4C)C(C)=C3[C@H]1CS1. The number of H-pyrrole nitrogens is 2. The highest BCUT2D eigenvalue weighted by atomic mass is 32.2. The van der Waals surface area contributed by atoms with Crippen molar-refractivity contribution in [2.24, 2.45) is 0 Å². The molecule has 3 aromatic rings. The molecule has 0 amide bonds. The Labute approximate surface area is 264 Å². The van der Waals surface area contributed by atoms with Crippen molar-refractivity contribution in [1.29, 1.82) is 0 Å². The summed E-state index contributed by atoms with van der Waals surface area (Å²) in [5.74, 6) is -0.701. The molecule has 10 heteroatoms. The Hall–Kier alpha value is -4.02. The van der Waals surface area contributed by atoms with E-state index in [2.05, 4.69) is 49.1 Å². The minimum atomic E-state index is -0.878. The molecule has 8 bridgehead atoms. The summed E-state index contributed by atoms with van der Waals surface area (Å²) >= 11 is 6.54. The third-order valence-electron chi connectivity index (χ3n) is 8.71. The largest absolute Gasteiger partial charge is 0.481 e. The first-order chi connectivity index (χ1) is 20.9. The summed E-state index contributed by atoms with van der Waals surface area (Å²) in [5, 5.41) is 19.4. The summed E-state index contributed by atoms with van der Waals surface area (Å²) < 4.78 is 0. The van der Waals surface area contributed by atoms with E-state index in [-0.39, 0.29) is 12.8 Å². The molecule has 0 saturated carbocycles. The van der Waals surface area contributed by atoms with E-state index in [0.717, 1.165) is 83.9 Å². The second-order valence-electron chi connectivity index (χ2n) is 11.5. The molecule has 1 saturated heterocycles. The maximum atomic E-state index is 11.6. The number of thioether (sulfide) groups is 1. The summed E-state index contributed by atoms with van der Waals surface area (Å²) in [7, 11) is 0. The van der Waals surface area contributed by atoms with E-state index in [4.69, 9.17) is 9.97 Å². The van der Waals surface area contributed by atoms with Crippen LogP contribution in [0.4, 0.5) is 0 Å². The molecule has 3 aliphatic heterocycles. The number of rotatable bonds is 8. The van der Waals surface area contributed by atoms with Crippen LogP contribution in [0.15, 0.2) is 30.8 Å². The molecule has 3 aliphatic rings. The number of hydrogen-bond acceptors (Lipinski definition) is 6. The number of aromatic amines is 2. The van der Waals surface area contributed by atoms with Gasteiger partial charge < -0.3 is 20.2 Å². The lowest BCUT2D eigenvalue weighted by Gasteiger charge is -2.03. The van der Waals surface area contributed by atoms with Crippen molar-refractivity contribution >= 4 is 85.6 Å². The van der Waals surface area contributed by atoms with Crippen molar-refractivity contribution in [2.75, 3.05) is 5.75 Å². The summed E-state index contributed by atoms with van der Waals surface area (Å²) in [6.07, 6.45) is 0.603. The summed E-state index contributed by atoms with van der Waals surface area (Å²) in [5.41, 5.74) is 14.4. The Bertz CT molecular complexity index is 2010. The summed E-state index contributed by atoms with van der Waals surface area (Å²) in [6, 6.07) is 8.05. The number of carbonyl (C=O) groups is 2. The van der Waals surface area contributed by atoms with Crippen LogP contribution in [0.2, 0.25) is 0 Å². The number of aliphatic carboxylic acids is 2. The molecule has 0 unspecified atom stereocenters. The highest BCUT2D eigenvalue weighted by molar-refractivity contribution is 8.07. The number of fused-ring (bicyclic) bond motifs is 8. The Kier molecular flexibility index (Phi) is 7.83. The zero-order valence-electron chi connectivity index (χ0n) is 25.1. The predicted octanol–water partition coefficient (Wildman–Crippen LogP) is 7.69. The summed E-state index contributed by atoms with van der Waals surface area (Å²) in [4.78, 5) is 41.0. The monoisotopic (exact) mass is 626 g/mol. The van der Waals surface area contributed by atoms with Crippen LogP contribution in [0.5, 0.6) is 0 Å². The Morgan fingerprint density at radius 1 is 0.841 bits per heavy atom. The summed E-state index contributed by atoms with van der Waals surface area (Å²) in [6.45, 7) is 12.3. The molecule has 6 rings (SSSR count). The fourth-order valence-corrected chi connectivity index (χ4v) is 7.24. The number of nitrogens with zero attached hydrogens (tertiary/aromatic N) is 2. The van der Waals surface area contributed by atoms with Crippen LogP contribution < -0.4 is 0 Å². The average molecular weight is 627 g/mol. The Morgan fingerprint density at radius 2 is 1.43 bits per heavy atom. The quantitative estimate of drug-likeness (QED) is 0.128. The van der Waals surface area contributed by atoms with E-state index in [1.165, 1.54) is 5.57 Å². The molecule has 1 atom stereocenters. The van der Waals surface area contributed by atoms with Gasteiger partial charge in [0.05, 0.1) is 22.8 Å². The lowest BCUT2D eigenvalue weighted by atomic mass is 9.99. The van der Waals surface area contributed by atoms with Gasteiger partial charge in [-0.05, 0) is 104 Å². The van der Waals surface area contributed by atoms with Crippen LogP contribution in [0, 0.1) is 13.8 Å². The molecule has 4 N–H and O–H groups in total. The molecule has 44 heavy (non-hydrogen) atoms. The first kappa shape index (κ1) is 30.0. The average Bonchev–Trinajstić information content (AvgIpc) is 3.49. The van der Waals surface area contributed by atoms with Crippen LogP contribution in [-0.2, 0) is 16.0 Å². The van der Waals surface area contributed by atoms with Crippen molar-refractivity contribution < 1.29 is 19.8 Å². The maximum absolute atomic E-state index is 11.6. The van der Waals surface area contributed by atoms with Gasteiger partial charge in [0.2, 0.25) is 0 Å². The van der Waals surface area contributed by atoms with E-state index in [0.29, 0.717) is 28.7 Å². The maximum Gasteiger partial charge on any atom is 0.303 e. The van der Waals surface area contributed by atoms with E-state index < -0.39 is 11.9 Å². The minimum absolute atomic E-state index is 0.0254. The lowest BCUT2D eigenvalue weighted by Crippen LogP contribution is -1.98. The van der Waals surface area contributed by atoms with Gasteiger partial charge in [-0.1, -0.05) is 6.58 Å². The van der Waals surface area contributed by atoms with Gasteiger partial charge in [0.25, 0.3) is 0 Å². The molecule has 1 fully saturated rings. The van der Waals surface area contributed by atoms with Crippen LogP contribution >= 0.6 is 24.4 Å². The molecule has 226 valence electrons. The minimum Gasteiger partial charge on any atom is -0.481 e. The van der Waals surface area contributed by atoms with Crippen LogP contribution in [0.25, 0.3) is 49.3 Å². The number of hydrogen-bond donors (Lipinski definition) is 5. The molecular weight excluding hydrogens is 593 g/mol. The van der Waals surface area contributed by atoms with Gasteiger partial charge >= 0.3 is 11.9 Å². The fourth-order valence-electron chi connectivity index (χ4n) is 6.22. The molecule has 0 aliphatic carbocycles. The number of aryl methyl sites for hydroxylation is 3. The van der Waals surface area contributed by atoms with Gasteiger partial charge in [-0.15, -0.1) is 12.6 Å². The standard InChI is InChI=1S/C34H34N4O4S2/c1-15-20(6-8-31(39)40)26-13-27-21(7-9-32(41)42)16(2)23(36-27)11-28-33(19(5)43)17(3)25(37-28)12-29-34(30-14-44-30)18(4)24(38-29)10-22(15)35-26/h10-13,30,36-37,43H,5-9,14H2,1-4H3,(H,39,40)(H,41,42)/t30-/m1/s1.